The standard InChI is InChI=1S/C16H27N3/c1-13(8-10-17-14-6-7-14)12-15-9-11-19(18-15)16-4-2-3-5-16/h9,11,13-14,16-17H,2-8,10,12H2,1H3. The maximum Gasteiger partial charge on any atom is 0.0627 e. The van der Waals surface area contributed by atoms with Crippen molar-refractivity contribution in [2.75, 3.05) is 6.54 Å². The first-order valence-corrected chi connectivity index (χ1v) is 8.08. The molecule has 2 saturated carbocycles. The van der Waals surface area contributed by atoms with E-state index in [1.807, 2.05) is 0 Å². The van der Waals surface area contributed by atoms with Crippen molar-refractivity contribution >= 4 is 0 Å². The molecule has 2 aliphatic rings. The average molecular weight is 261 g/mol. The van der Waals surface area contributed by atoms with E-state index in [2.05, 4.69) is 29.2 Å². The summed E-state index contributed by atoms with van der Waals surface area (Å²) in [5.74, 6) is 0.734. The number of nitrogens with one attached hydrogen (secondary N) is 1. The normalized spacial score (nSPS) is 21.9. The molecule has 0 aliphatic heterocycles. The summed E-state index contributed by atoms with van der Waals surface area (Å²) >= 11 is 0. The van der Waals surface area contributed by atoms with Gasteiger partial charge in [-0.15, -0.1) is 0 Å². The van der Waals surface area contributed by atoms with E-state index in [1.54, 1.807) is 0 Å². The van der Waals surface area contributed by atoms with E-state index in [0.29, 0.717) is 6.04 Å². The maximum atomic E-state index is 4.78. The lowest BCUT2D eigenvalue weighted by Crippen LogP contribution is -2.20. The number of hydrogen-bond acceptors (Lipinski definition) is 2. The summed E-state index contributed by atoms with van der Waals surface area (Å²) in [5, 5.41) is 8.38. The van der Waals surface area contributed by atoms with Crippen molar-refractivity contribution in [3.8, 4) is 0 Å². The largest absolute Gasteiger partial charge is 0.314 e. The monoisotopic (exact) mass is 261 g/mol. The molecule has 0 amide bonds. The third-order valence-electron chi connectivity index (χ3n) is 4.57. The van der Waals surface area contributed by atoms with Crippen molar-refractivity contribution in [3.63, 3.8) is 0 Å². The first-order valence-electron chi connectivity index (χ1n) is 8.08. The second-order valence-electron chi connectivity index (χ2n) is 6.55. The van der Waals surface area contributed by atoms with Gasteiger partial charge in [-0.3, -0.25) is 4.68 Å². The minimum atomic E-state index is 0.681. The Hall–Kier alpha value is -0.830. The van der Waals surface area contributed by atoms with E-state index in [0.717, 1.165) is 18.4 Å². The third-order valence-corrected chi connectivity index (χ3v) is 4.57. The van der Waals surface area contributed by atoms with E-state index in [4.69, 9.17) is 5.10 Å². The van der Waals surface area contributed by atoms with E-state index in [-0.39, 0.29) is 0 Å². The molecular weight excluding hydrogens is 234 g/mol. The summed E-state index contributed by atoms with van der Waals surface area (Å²) in [6, 6.07) is 3.75. The summed E-state index contributed by atoms with van der Waals surface area (Å²) in [5.41, 5.74) is 1.28. The summed E-state index contributed by atoms with van der Waals surface area (Å²) in [6.07, 6.45) is 12.8. The fourth-order valence-electron chi connectivity index (χ4n) is 3.14. The van der Waals surface area contributed by atoms with Gasteiger partial charge in [0.2, 0.25) is 0 Å². The number of aromatic nitrogens is 2. The molecule has 1 heterocycles. The zero-order valence-electron chi connectivity index (χ0n) is 12.1. The fraction of sp³-hybridized carbons (Fsp3) is 0.812. The molecule has 2 aliphatic carbocycles. The maximum absolute atomic E-state index is 4.78. The molecule has 19 heavy (non-hydrogen) atoms. The molecule has 0 aromatic carbocycles. The zero-order chi connectivity index (χ0) is 13.1. The minimum absolute atomic E-state index is 0.681. The molecule has 0 radical (unpaired) electrons. The SMILES string of the molecule is CC(CCNC1CC1)Cc1ccn(C2CCCC2)n1. The quantitative estimate of drug-likeness (QED) is 0.816. The van der Waals surface area contributed by atoms with Crippen molar-refractivity contribution in [1.29, 1.82) is 0 Å². The molecule has 2 fully saturated rings. The summed E-state index contributed by atoms with van der Waals surface area (Å²) in [4.78, 5) is 0. The Morgan fingerprint density at radius 1 is 1.32 bits per heavy atom. The van der Waals surface area contributed by atoms with Crippen LogP contribution in [0.25, 0.3) is 0 Å². The van der Waals surface area contributed by atoms with E-state index in [1.165, 1.54) is 57.2 Å². The average Bonchev–Trinajstić information content (AvgIpc) is 2.91. The highest BCUT2D eigenvalue weighted by atomic mass is 15.3. The van der Waals surface area contributed by atoms with Crippen LogP contribution in [0.3, 0.4) is 0 Å². The van der Waals surface area contributed by atoms with Gasteiger partial charge in [0, 0.05) is 12.2 Å². The Kier molecular flexibility index (Phi) is 4.21. The van der Waals surface area contributed by atoms with Crippen molar-refractivity contribution < 1.29 is 0 Å². The predicted molar refractivity (Wildman–Crippen MR) is 78.2 cm³/mol. The predicted octanol–water partition coefficient (Wildman–Crippen LogP) is 3.32. The topological polar surface area (TPSA) is 29.9 Å². The van der Waals surface area contributed by atoms with Crippen LogP contribution in [0.2, 0.25) is 0 Å². The summed E-state index contributed by atoms with van der Waals surface area (Å²) < 4.78 is 2.22. The minimum Gasteiger partial charge on any atom is -0.314 e. The van der Waals surface area contributed by atoms with Gasteiger partial charge in [0.05, 0.1) is 11.7 Å². The molecular formula is C16H27N3. The van der Waals surface area contributed by atoms with E-state index >= 15 is 0 Å². The van der Waals surface area contributed by atoms with E-state index < -0.39 is 0 Å². The van der Waals surface area contributed by atoms with Crippen molar-refractivity contribution in [1.82, 2.24) is 15.1 Å². The third kappa shape index (κ3) is 3.82. The molecule has 0 saturated heterocycles. The Labute approximate surface area is 116 Å². The number of hydrogen-bond donors (Lipinski definition) is 1. The molecule has 0 bridgehead atoms. The molecule has 1 aromatic heterocycles. The number of rotatable bonds is 7. The molecule has 1 N–H and O–H groups in total. The van der Waals surface area contributed by atoms with Crippen LogP contribution in [0.4, 0.5) is 0 Å². The second kappa shape index (κ2) is 6.08. The lowest BCUT2D eigenvalue weighted by Gasteiger charge is -2.11. The smallest absolute Gasteiger partial charge is 0.0627 e. The van der Waals surface area contributed by atoms with Crippen LogP contribution < -0.4 is 5.32 Å². The molecule has 1 aromatic rings. The molecule has 106 valence electrons. The van der Waals surface area contributed by atoms with Gasteiger partial charge in [0.25, 0.3) is 0 Å². The molecule has 1 unspecified atom stereocenters. The van der Waals surface area contributed by atoms with Crippen LogP contribution in [0, 0.1) is 5.92 Å². The second-order valence-corrected chi connectivity index (χ2v) is 6.55. The Bertz CT molecular complexity index is 388. The van der Waals surface area contributed by atoms with Crippen LogP contribution in [0.1, 0.15) is 63.6 Å². The summed E-state index contributed by atoms with van der Waals surface area (Å²) in [7, 11) is 0. The van der Waals surface area contributed by atoms with Gasteiger partial charge in [0.15, 0.2) is 0 Å². The van der Waals surface area contributed by atoms with Crippen molar-refractivity contribution in [2.24, 2.45) is 5.92 Å². The van der Waals surface area contributed by atoms with Crippen LogP contribution in [0.5, 0.6) is 0 Å². The molecule has 0 spiro atoms. The van der Waals surface area contributed by atoms with Gasteiger partial charge in [-0.2, -0.15) is 5.10 Å². The van der Waals surface area contributed by atoms with Crippen molar-refractivity contribution in [3.05, 3.63) is 18.0 Å². The van der Waals surface area contributed by atoms with Crippen LogP contribution in [-0.4, -0.2) is 22.4 Å². The first-order chi connectivity index (χ1) is 9.31. The zero-order valence-corrected chi connectivity index (χ0v) is 12.1. The molecule has 1 atom stereocenters. The molecule has 3 heteroatoms. The Morgan fingerprint density at radius 3 is 2.84 bits per heavy atom. The van der Waals surface area contributed by atoms with Crippen molar-refractivity contribution in [2.45, 2.75) is 70.4 Å². The highest BCUT2D eigenvalue weighted by molar-refractivity contribution is 5.01. The first kappa shape index (κ1) is 13.2. The van der Waals surface area contributed by atoms with Gasteiger partial charge in [-0.05, 0) is 57.1 Å². The van der Waals surface area contributed by atoms with Crippen LogP contribution >= 0.6 is 0 Å². The molecule has 3 rings (SSSR count). The fourth-order valence-corrected chi connectivity index (χ4v) is 3.14. The lowest BCUT2D eigenvalue weighted by atomic mass is 10.0. The molecule has 3 nitrogen and oxygen atoms in total. The van der Waals surface area contributed by atoms with Gasteiger partial charge in [-0.1, -0.05) is 19.8 Å². The highest BCUT2D eigenvalue weighted by Crippen LogP contribution is 2.29. The van der Waals surface area contributed by atoms with Gasteiger partial charge < -0.3 is 5.32 Å². The lowest BCUT2D eigenvalue weighted by molar-refractivity contribution is 0.451. The van der Waals surface area contributed by atoms with Gasteiger partial charge in [-0.25, -0.2) is 0 Å². The van der Waals surface area contributed by atoms with Crippen LogP contribution in [0.15, 0.2) is 12.3 Å². The number of nitrogens with zero attached hydrogens (tertiary/aromatic N) is 2. The highest BCUT2D eigenvalue weighted by Gasteiger charge is 2.20. The van der Waals surface area contributed by atoms with Crippen LogP contribution in [-0.2, 0) is 6.42 Å². The Morgan fingerprint density at radius 2 is 2.11 bits per heavy atom. The van der Waals surface area contributed by atoms with Gasteiger partial charge >= 0.3 is 0 Å². The Balaban J connectivity index is 1.43. The van der Waals surface area contributed by atoms with Gasteiger partial charge in [0.1, 0.15) is 0 Å². The summed E-state index contributed by atoms with van der Waals surface area (Å²) in [6.45, 7) is 3.53. The van der Waals surface area contributed by atoms with E-state index in [9.17, 15) is 0 Å².